The van der Waals surface area contributed by atoms with Crippen molar-refractivity contribution in [3.8, 4) is 0 Å². The lowest BCUT2D eigenvalue weighted by atomic mass is 10.1. The first-order valence-corrected chi connectivity index (χ1v) is 6.20. The van der Waals surface area contributed by atoms with Crippen LogP contribution < -0.4 is 0 Å². The molecule has 2 aromatic rings. The molecule has 0 aliphatic rings. The molecule has 66 valence electrons. The van der Waals surface area contributed by atoms with Gasteiger partial charge in [-0.2, -0.15) is 11.3 Å². The molecule has 2 heterocycles. The first-order chi connectivity index (χ1) is 6.27. The summed E-state index contributed by atoms with van der Waals surface area (Å²) >= 11 is 6.40. The molecule has 0 radical (unpaired) electrons. The fraction of sp³-hybridized carbons (Fsp3) is 0. The Morgan fingerprint density at radius 2 is 2.15 bits per heavy atom. The van der Waals surface area contributed by atoms with E-state index in [1.54, 1.807) is 11.3 Å². The topological polar surface area (TPSA) is 17.1 Å². The van der Waals surface area contributed by atoms with Crippen LogP contribution in [0.1, 0.15) is 15.9 Å². The molecule has 13 heavy (non-hydrogen) atoms. The highest BCUT2D eigenvalue weighted by Gasteiger charge is 2.10. The van der Waals surface area contributed by atoms with Crippen molar-refractivity contribution in [1.82, 2.24) is 0 Å². The molecule has 4 heteroatoms. The van der Waals surface area contributed by atoms with E-state index >= 15 is 0 Å². The predicted molar refractivity (Wildman–Crippen MR) is 59.8 cm³/mol. The fourth-order valence-corrected chi connectivity index (χ4v) is 2.76. The molecule has 0 atom stereocenters. The minimum absolute atomic E-state index is 0.100. The summed E-state index contributed by atoms with van der Waals surface area (Å²) in [5, 5.41) is 5.65. The Kier molecular flexibility index (Phi) is 2.62. The lowest BCUT2D eigenvalue weighted by Gasteiger charge is -1.90. The zero-order chi connectivity index (χ0) is 9.26. The highest BCUT2D eigenvalue weighted by atomic mass is 79.9. The van der Waals surface area contributed by atoms with Gasteiger partial charge in [-0.25, -0.2) is 0 Å². The number of halogens is 1. The second-order valence-corrected chi connectivity index (χ2v) is 5.55. The van der Waals surface area contributed by atoms with Gasteiger partial charge in [0.05, 0.1) is 3.79 Å². The third-order valence-electron chi connectivity index (χ3n) is 1.61. The van der Waals surface area contributed by atoms with Gasteiger partial charge in [-0.05, 0) is 33.4 Å². The minimum Gasteiger partial charge on any atom is -0.289 e. The third kappa shape index (κ3) is 1.90. The van der Waals surface area contributed by atoms with Crippen LogP contribution in [-0.2, 0) is 0 Å². The third-order valence-corrected chi connectivity index (χ3v) is 3.80. The Bertz CT molecular complexity index is 417. The minimum atomic E-state index is 0.100. The summed E-state index contributed by atoms with van der Waals surface area (Å²) in [7, 11) is 0. The maximum Gasteiger partial charge on any atom is 0.194 e. The number of rotatable bonds is 2. The van der Waals surface area contributed by atoms with E-state index in [1.165, 1.54) is 11.3 Å². The molecule has 0 saturated carbocycles. The summed E-state index contributed by atoms with van der Waals surface area (Å²) in [6, 6.07) is 3.70. The van der Waals surface area contributed by atoms with Crippen molar-refractivity contribution in [2.24, 2.45) is 0 Å². The molecule has 0 N–H and O–H groups in total. The number of carbonyl (C=O) groups excluding carboxylic acids is 1. The monoisotopic (exact) mass is 272 g/mol. The lowest BCUT2D eigenvalue weighted by Crippen LogP contribution is -1.96. The van der Waals surface area contributed by atoms with E-state index in [1.807, 2.05) is 28.3 Å². The average Bonchev–Trinajstić information content (AvgIpc) is 2.72. The van der Waals surface area contributed by atoms with Crippen molar-refractivity contribution < 1.29 is 4.79 Å². The molecule has 0 aromatic carbocycles. The number of thiophene rings is 2. The highest BCUT2D eigenvalue weighted by molar-refractivity contribution is 9.11. The largest absolute Gasteiger partial charge is 0.289 e. The number of carbonyl (C=O) groups is 1. The van der Waals surface area contributed by atoms with E-state index in [4.69, 9.17) is 0 Å². The molecular weight excluding hydrogens is 268 g/mol. The van der Waals surface area contributed by atoms with E-state index < -0.39 is 0 Å². The first-order valence-electron chi connectivity index (χ1n) is 3.58. The Morgan fingerprint density at radius 3 is 2.69 bits per heavy atom. The molecule has 0 aliphatic carbocycles. The maximum atomic E-state index is 11.7. The molecular formula is C9H5BrOS2. The van der Waals surface area contributed by atoms with Crippen LogP contribution in [0.5, 0.6) is 0 Å². The Hall–Kier alpha value is -0.450. The highest BCUT2D eigenvalue weighted by Crippen LogP contribution is 2.23. The Labute approximate surface area is 92.2 Å². The van der Waals surface area contributed by atoms with Gasteiger partial charge < -0.3 is 0 Å². The second kappa shape index (κ2) is 3.74. The van der Waals surface area contributed by atoms with Gasteiger partial charge in [0.25, 0.3) is 0 Å². The van der Waals surface area contributed by atoms with Crippen molar-refractivity contribution in [3.63, 3.8) is 0 Å². The molecule has 0 unspecified atom stereocenters. The molecule has 0 spiro atoms. The van der Waals surface area contributed by atoms with Crippen LogP contribution in [0.2, 0.25) is 0 Å². The molecule has 2 aromatic heterocycles. The van der Waals surface area contributed by atoms with Crippen LogP contribution in [0, 0.1) is 0 Å². The van der Waals surface area contributed by atoms with Crippen LogP contribution in [0.25, 0.3) is 0 Å². The van der Waals surface area contributed by atoms with Crippen LogP contribution in [0.15, 0.2) is 32.1 Å². The van der Waals surface area contributed by atoms with Gasteiger partial charge in [0.2, 0.25) is 0 Å². The van der Waals surface area contributed by atoms with Gasteiger partial charge in [0.1, 0.15) is 0 Å². The van der Waals surface area contributed by atoms with Crippen LogP contribution in [0.4, 0.5) is 0 Å². The van der Waals surface area contributed by atoms with Gasteiger partial charge in [0.15, 0.2) is 5.78 Å². The van der Waals surface area contributed by atoms with Crippen molar-refractivity contribution in [2.75, 3.05) is 0 Å². The SMILES string of the molecule is O=C(c1ccsc1)c1csc(Br)c1. The van der Waals surface area contributed by atoms with E-state index in [2.05, 4.69) is 15.9 Å². The van der Waals surface area contributed by atoms with E-state index in [9.17, 15) is 4.79 Å². The van der Waals surface area contributed by atoms with Crippen LogP contribution in [-0.4, -0.2) is 5.78 Å². The molecule has 0 bridgehead atoms. The van der Waals surface area contributed by atoms with E-state index in [0.29, 0.717) is 0 Å². The molecule has 0 saturated heterocycles. The van der Waals surface area contributed by atoms with Gasteiger partial charge in [0, 0.05) is 21.9 Å². The maximum absolute atomic E-state index is 11.7. The van der Waals surface area contributed by atoms with Crippen molar-refractivity contribution in [1.29, 1.82) is 0 Å². The second-order valence-electron chi connectivity index (χ2n) is 2.48. The van der Waals surface area contributed by atoms with E-state index in [0.717, 1.165) is 14.9 Å². The lowest BCUT2D eigenvalue weighted by molar-refractivity contribution is 0.103. The van der Waals surface area contributed by atoms with Gasteiger partial charge in [-0.1, -0.05) is 0 Å². The van der Waals surface area contributed by atoms with Crippen molar-refractivity contribution >= 4 is 44.4 Å². The average molecular weight is 273 g/mol. The first kappa shape index (κ1) is 9.12. The summed E-state index contributed by atoms with van der Waals surface area (Å²) < 4.78 is 0.992. The molecule has 1 nitrogen and oxygen atoms in total. The molecule has 0 aliphatic heterocycles. The van der Waals surface area contributed by atoms with Crippen LogP contribution in [0.3, 0.4) is 0 Å². The predicted octanol–water partition coefficient (Wildman–Crippen LogP) is 3.80. The summed E-state index contributed by atoms with van der Waals surface area (Å²) in [6.07, 6.45) is 0. The number of hydrogen-bond acceptors (Lipinski definition) is 3. The van der Waals surface area contributed by atoms with Gasteiger partial charge >= 0.3 is 0 Å². The summed E-state index contributed by atoms with van der Waals surface area (Å²) in [4.78, 5) is 11.7. The van der Waals surface area contributed by atoms with Gasteiger partial charge in [-0.15, -0.1) is 11.3 Å². The van der Waals surface area contributed by atoms with Crippen molar-refractivity contribution in [2.45, 2.75) is 0 Å². The number of ketones is 1. The summed E-state index contributed by atoms with van der Waals surface area (Å²) in [6.45, 7) is 0. The zero-order valence-corrected chi connectivity index (χ0v) is 9.71. The van der Waals surface area contributed by atoms with Crippen molar-refractivity contribution in [3.05, 3.63) is 43.2 Å². The quantitative estimate of drug-likeness (QED) is 0.760. The zero-order valence-electron chi connectivity index (χ0n) is 6.49. The molecule has 0 fully saturated rings. The fourth-order valence-electron chi connectivity index (χ4n) is 0.989. The summed E-state index contributed by atoms with van der Waals surface area (Å²) in [5.74, 6) is 0.100. The van der Waals surface area contributed by atoms with Gasteiger partial charge in [-0.3, -0.25) is 4.79 Å². The Morgan fingerprint density at radius 1 is 1.31 bits per heavy atom. The standard InChI is InChI=1S/C9H5BrOS2/c10-8-3-7(5-13-8)9(11)6-1-2-12-4-6/h1-5H. The Balaban J connectivity index is 2.33. The smallest absolute Gasteiger partial charge is 0.194 e. The molecule has 0 amide bonds. The normalized spacial score (nSPS) is 10.2. The van der Waals surface area contributed by atoms with E-state index in [-0.39, 0.29) is 5.78 Å². The number of hydrogen-bond donors (Lipinski definition) is 0. The molecule has 2 rings (SSSR count). The van der Waals surface area contributed by atoms with Crippen LogP contribution >= 0.6 is 38.6 Å². The summed E-state index contributed by atoms with van der Waals surface area (Å²) in [5.41, 5.74) is 1.53.